The highest BCUT2D eigenvalue weighted by Gasteiger charge is 2.26. The fourth-order valence-corrected chi connectivity index (χ4v) is 5.49. The average molecular weight is 571 g/mol. The van der Waals surface area contributed by atoms with Gasteiger partial charge in [0, 0.05) is 6.42 Å². The zero-order chi connectivity index (χ0) is 30.8. The second kappa shape index (κ2) is 25.8. The number of carbonyl (C=O) groups is 1. The summed E-state index contributed by atoms with van der Waals surface area (Å²) < 4.78 is 0. The molecule has 3 heteroatoms. The predicted octanol–water partition coefficient (Wildman–Crippen LogP) is 11.8. The molecule has 41 heavy (non-hydrogen) atoms. The molecule has 1 aliphatic carbocycles. The lowest BCUT2D eigenvalue weighted by atomic mass is 9.72. The van der Waals surface area contributed by atoms with Crippen LogP contribution in [0.1, 0.15) is 164 Å². The van der Waals surface area contributed by atoms with E-state index < -0.39 is 5.97 Å². The maximum absolute atomic E-state index is 10.3. The maximum atomic E-state index is 10.3. The summed E-state index contributed by atoms with van der Waals surface area (Å²) in [5, 5.41) is 17.3. The van der Waals surface area contributed by atoms with Gasteiger partial charge >= 0.3 is 5.97 Å². The maximum Gasteiger partial charge on any atom is 0.303 e. The fourth-order valence-electron chi connectivity index (χ4n) is 5.49. The molecule has 0 heterocycles. The van der Waals surface area contributed by atoms with Crippen molar-refractivity contribution < 1.29 is 15.0 Å². The summed E-state index contributed by atoms with van der Waals surface area (Å²) in [6.07, 6.45) is 36.5. The van der Waals surface area contributed by atoms with Gasteiger partial charge < -0.3 is 10.2 Å². The topological polar surface area (TPSA) is 57.5 Å². The predicted molar refractivity (Wildman–Crippen MR) is 180 cm³/mol. The quantitative estimate of drug-likeness (QED) is 0.107. The van der Waals surface area contributed by atoms with Crippen molar-refractivity contribution in [3.05, 3.63) is 58.7 Å². The van der Waals surface area contributed by atoms with Crippen LogP contribution in [-0.4, -0.2) is 22.8 Å². The first kappa shape index (κ1) is 39.1. The molecule has 0 amide bonds. The van der Waals surface area contributed by atoms with E-state index in [-0.39, 0.29) is 6.61 Å². The molecular formula is C38H66O3. The van der Waals surface area contributed by atoms with Gasteiger partial charge in [0.2, 0.25) is 0 Å². The molecule has 1 rings (SSSR count). The Kier molecular flexibility index (Phi) is 24.6. The number of aliphatic carboxylic acids is 1. The molecule has 1 aliphatic rings. The van der Waals surface area contributed by atoms with E-state index in [0.29, 0.717) is 11.8 Å². The number of carboxylic acids is 1. The summed E-state index contributed by atoms with van der Waals surface area (Å²) in [4.78, 5) is 10.3. The molecular weight excluding hydrogens is 504 g/mol. The minimum atomic E-state index is -0.653. The van der Waals surface area contributed by atoms with Crippen molar-refractivity contribution in [1.29, 1.82) is 0 Å². The lowest BCUT2D eigenvalue weighted by Gasteiger charge is -2.32. The first-order valence-corrected chi connectivity index (χ1v) is 16.9. The second-order valence-corrected chi connectivity index (χ2v) is 12.8. The Morgan fingerprint density at radius 2 is 1.32 bits per heavy atom. The number of rotatable bonds is 21. The molecule has 0 saturated heterocycles. The number of hydrogen-bond acceptors (Lipinski definition) is 2. The SMILES string of the molecule is CC1=C(/C=C/C(C)=C/C=C/C(C)=C/CO)C(C)(C)CCC1.CCCCCCCCCCCCCCCCCC(=O)O. The summed E-state index contributed by atoms with van der Waals surface area (Å²) in [7, 11) is 0. The second-order valence-electron chi connectivity index (χ2n) is 12.8. The van der Waals surface area contributed by atoms with Gasteiger partial charge in [-0.2, -0.15) is 0 Å². The molecule has 0 aliphatic heterocycles. The standard InChI is InChI=1S/C20H30O.C18H36O2/c1-16(8-6-9-17(2)13-15-21)11-12-19-18(3)10-7-14-20(19,4)5;1-2-3-4-5-6-7-8-9-10-11-12-13-14-15-16-17-18(19)20/h6,8-9,11-13,21H,7,10,14-15H2,1-5H3;2-17H2,1H3,(H,19,20)/b9-6+,12-11+,16-8+,17-13+;. The molecule has 0 aromatic heterocycles. The summed E-state index contributed by atoms with van der Waals surface area (Å²) >= 11 is 0. The van der Waals surface area contributed by atoms with Crippen molar-refractivity contribution in [2.24, 2.45) is 5.41 Å². The first-order valence-electron chi connectivity index (χ1n) is 16.9. The minimum absolute atomic E-state index is 0.0985. The Morgan fingerprint density at radius 3 is 1.78 bits per heavy atom. The third kappa shape index (κ3) is 23.4. The van der Waals surface area contributed by atoms with Gasteiger partial charge in [-0.25, -0.2) is 0 Å². The molecule has 236 valence electrons. The summed E-state index contributed by atoms with van der Waals surface area (Å²) in [5.74, 6) is -0.653. The van der Waals surface area contributed by atoms with Gasteiger partial charge in [0.05, 0.1) is 6.61 Å². The van der Waals surface area contributed by atoms with E-state index in [1.807, 2.05) is 19.1 Å². The van der Waals surface area contributed by atoms with E-state index in [2.05, 4.69) is 52.8 Å². The van der Waals surface area contributed by atoms with Gasteiger partial charge in [-0.1, -0.05) is 164 Å². The van der Waals surface area contributed by atoms with Gasteiger partial charge in [-0.05, 0) is 57.4 Å². The lowest BCUT2D eigenvalue weighted by molar-refractivity contribution is -0.137. The molecule has 0 unspecified atom stereocenters. The van der Waals surface area contributed by atoms with E-state index in [1.54, 1.807) is 6.08 Å². The van der Waals surface area contributed by atoms with Crippen molar-refractivity contribution in [2.45, 2.75) is 164 Å². The van der Waals surface area contributed by atoms with E-state index >= 15 is 0 Å². The van der Waals surface area contributed by atoms with Crippen LogP contribution in [0.15, 0.2) is 58.7 Å². The Bertz CT molecular complexity index is 822. The highest BCUT2D eigenvalue weighted by molar-refractivity contribution is 5.66. The third-order valence-corrected chi connectivity index (χ3v) is 8.18. The molecule has 0 radical (unpaired) electrons. The van der Waals surface area contributed by atoms with Crippen LogP contribution in [0.2, 0.25) is 0 Å². The number of allylic oxidation sites excluding steroid dienone is 9. The Balaban J connectivity index is 0.000000782. The number of hydrogen-bond donors (Lipinski definition) is 2. The molecule has 0 fully saturated rings. The van der Waals surface area contributed by atoms with Gasteiger partial charge in [-0.15, -0.1) is 0 Å². The largest absolute Gasteiger partial charge is 0.481 e. The fraction of sp³-hybridized carbons (Fsp3) is 0.711. The van der Waals surface area contributed by atoms with E-state index in [4.69, 9.17) is 10.2 Å². The van der Waals surface area contributed by atoms with Crippen LogP contribution >= 0.6 is 0 Å². The van der Waals surface area contributed by atoms with E-state index in [0.717, 1.165) is 18.4 Å². The zero-order valence-electron chi connectivity index (χ0n) is 27.9. The minimum Gasteiger partial charge on any atom is -0.481 e. The molecule has 3 nitrogen and oxygen atoms in total. The highest BCUT2D eigenvalue weighted by atomic mass is 16.4. The number of aliphatic hydroxyl groups excluding tert-OH is 1. The summed E-state index contributed by atoms with van der Waals surface area (Å²) in [6.45, 7) is 13.4. The molecule has 2 N–H and O–H groups in total. The van der Waals surface area contributed by atoms with Crippen LogP contribution in [0, 0.1) is 5.41 Å². The molecule has 0 aromatic rings. The van der Waals surface area contributed by atoms with Gasteiger partial charge in [-0.3, -0.25) is 4.79 Å². The van der Waals surface area contributed by atoms with Crippen LogP contribution in [0.5, 0.6) is 0 Å². The molecule has 0 saturated carbocycles. The Morgan fingerprint density at radius 1 is 0.805 bits per heavy atom. The Hall–Kier alpha value is -1.87. The number of unbranched alkanes of at least 4 members (excludes halogenated alkanes) is 14. The Labute approximate surface area is 255 Å². The normalized spacial score (nSPS) is 16.0. The van der Waals surface area contributed by atoms with Gasteiger partial charge in [0.1, 0.15) is 0 Å². The van der Waals surface area contributed by atoms with Gasteiger partial charge in [0.25, 0.3) is 0 Å². The van der Waals surface area contributed by atoms with Crippen molar-refractivity contribution in [3.63, 3.8) is 0 Å². The third-order valence-electron chi connectivity index (χ3n) is 8.18. The van der Waals surface area contributed by atoms with Crippen molar-refractivity contribution in [3.8, 4) is 0 Å². The molecule has 0 bridgehead atoms. The van der Waals surface area contributed by atoms with Crippen molar-refractivity contribution >= 4 is 5.97 Å². The highest BCUT2D eigenvalue weighted by Crippen LogP contribution is 2.40. The molecule has 0 atom stereocenters. The number of carboxylic acid groups (broad SMARTS) is 1. The smallest absolute Gasteiger partial charge is 0.303 e. The lowest BCUT2D eigenvalue weighted by Crippen LogP contribution is -2.19. The zero-order valence-corrected chi connectivity index (χ0v) is 27.9. The van der Waals surface area contributed by atoms with E-state index in [9.17, 15) is 4.79 Å². The summed E-state index contributed by atoms with van der Waals surface area (Å²) in [5.41, 5.74) is 5.66. The molecule has 0 aromatic carbocycles. The van der Waals surface area contributed by atoms with Crippen molar-refractivity contribution in [1.82, 2.24) is 0 Å². The van der Waals surface area contributed by atoms with Crippen LogP contribution in [0.25, 0.3) is 0 Å². The van der Waals surface area contributed by atoms with Crippen LogP contribution < -0.4 is 0 Å². The van der Waals surface area contributed by atoms with E-state index in [1.165, 1.54) is 119 Å². The van der Waals surface area contributed by atoms with Gasteiger partial charge in [0.15, 0.2) is 0 Å². The summed E-state index contributed by atoms with van der Waals surface area (Å²) in [6, 6.07) is 0. The van der Waals surface area contributed by atoms with Crippen LogP contribution in [0.4, 0.5) is 0 Å². The number of aliphatic hydroxyl groups is 1. The average Bonchev–Trinajstić information content (AvgIpc) is 2.90. The van der Waals surface area contributed by atoms with Crippen molar-refractivity contribution in [2.75, 3.05) is 6.61 Å². The monoisotopic (exact) mass is 571 g/mol. The van der Waals surface area contributed by atoms with Crippen LogP contribution in [0.3, 0.4) is 0 Å². The van der Waals surface area contributed by atoms with Crippen LogP contribution in [-0.2, 0) is 4.79 Å². The first-order chi connectivity index (χ1) is 19.6. The molecule has 0 spiro atoms.